The summed E-state index contributed by atoms with van der Waals surface area (Å²) in [4.78, 5) is 0. The van der Waals surface area contributed by atoms with Crippen molar-refractivity contribution >= 4 is 21.4 Å². The number of halogens is 1. The molecule has 0 saturated heterocycles. The van der Waals surface area contributed by atoms with Crippen LogP contribution in [0.3, 0.4) is 0 Å². The molecule has 18 heavy (non-hydrogen) atoms. The second-order valence-electron chi connectivity index (χ2n) is 4.14. The summed E-state index contributed by atoms with van der Waals surface area (Å²) in [6, 6.07) is 21.0. The van der Waals surface area contributed by atoms with Crippen LogP contribution in [0.2, 0.25) is 0 Å². The quantitative estimate of drug-likeness (QED) is 0.448. The van der Waals surface area contributed by atoms with E-state index in [0.29, 0.717) is 11.4 Å². The number of hydrogen-bond acceptors (Lipinski definition) is 1. The first-order chi connectivity index (χ1) is 8.92. The lowest BCUT2D eigenvalue weighted by atomic mass is 9.92. The van der Waals surface area contributed by atoms with Crippen LogP contribution >= 0.6 is 11.6 Å². The fourth-order valence-corrected chi connectivity index (χ4v) is 2.85. The Labute approximate surface area is 116 Å². The van der Waals surface area contributed by atoms with Gasteiger partial charge in [-0.05, 0) is 11.1 Å². The Balaban J connectivity index is 2.18. The summed E-state index contributed by atoms with van der Waals surface area (Å²) in [5.41, 5.74) is 3.27. The van der Waals surface area contributed by atoms with Crippen molar-refractivity contribution in [2.75, 3.05) is 12.1 Å². The van der Waals surface area contributed by atoms with Gasteiger partial charge in [-0.15, -0.1) is 11.6 Å². The molecule has 2 aromatic rings. The van der Waals surface area contributed by atoms with Crippen molar-refractivity contribution in [1.82, 2.24) is 0 Å². The summed E-state index contributed by atoms with van der Waals surface area (Å²) in [6.45, 7) is 0.729. The highest BCUT2D eigenvalue weighted by Crippen LogP contribution is 2.24. The van der Waals surface area contributed by atoms with Crippen molar-refractivity contribution in [3.8, 4) is 0 Å². The molecule has 0 aliphatic heterocycles. The molecule has 0 fully saturated rings. The normalized spacial score (nSPS) is 11.4. The van der Waals surface area contributed by atoms with Gasteiger partial charge in [0.2, 0.25) is 0 Å². The van der Waals surface area contributed by atoms with E-state index in [2.05, 4.69) is 48.5 Å². The predicted octanol–water partition coefficient (Wildman–Crippen LogP) is 3.12. The maximum atomic E-state index is 5.76. The highest BCUT2D eigenvalue weighted by Gasteiger charge is 2.13. The van der Waals surface area contributed by atoms with E-state index in [9.17, 15) is 0 Å². The average Bonchev–Trinajstić information content (AvgIpc) is 2.46. The third kappa shape index (κ3) is 3.70. The van der Waals surface area contributed by atoms with Crippen LogP contribution in [0.15, 0.2) is 60.7 Å². The van der Waals surface area contributed by atoms with E-state index in [1.807, 2.05) is 12.1 Å². The molecule has 0 saturated carbocycles. The first kappa shape index (κ1) is 13.3. The molecule has 0 bridgehead atoms. The van der Waals surface area contributed by atoms with Gasteiger partial charge in [-0.2, -0.15) is 0 Å². The van der Waals surface area contributed by atoms with E-state index in [0.717, 1.165) is 6.61 Å². The minimum atomic E-state index is -0.565. The second kappa shape index (κ2) is 7.37. The number of hydrogen-bond donors (Lipinski definition) is 0. The van der Waals surface area contributed by atoms with Gasteiger partial charge in [0, 0.05) is 18.0 Å². The predicted molar refractivity (Wildman–Crippen MR) is 79.9 cm³/mol. The third-order valence-electron chi connectivity index (χ3n) is 2.91. The minimum Gasteiger partial charge on any atom is -0.422 e. The first-order valence-electron chi connectivity index (χ1n) is 6.15. The zero-order chi connectivity index (χ0) is 12.6. The molecule has 2 aromatic carbocycles. The molecule has 94 valence electrons. The van der Waals surface area contributed by atoms with Crippen molar-refractivity contribution in [1.29, 1.82) is 0 Å². The van der Waals surface area contributed by atoms with Gasteiger partial charge >= 0.3 is 0 Å². The van der Waals surface area contributed by atoms with Crippen LogP contribution < -0.4 is 0 Å². The molecule has 0 radical (unpaired) electrons. The Bertz CT molecular complexity index is 407. The molecule has 1 nitrogen and oxygen atoms in total. The molecular weight excluding hydrogens is 260 g/mol. The van der Waals surface area contributed by atoms with Crippen molar-refractivity contribution in [3.05, 3.63) is 71.8 Å². The molecule has 0 aromatic heterocycles. The van der Waals surface area contributed by atoms with Gasteiger partial charge in [-0.3, -0.25) is 0 Å². The molecule has 0 heterocycles. The molecule has 2 rings (SSSR count). The maximum absolute atomic E-state index is 5.76. The summed E-state index contributed by atoms with van der Waals surface area (Å²) in [5, 5.41) is 0. The Hall–Kier alpha value is -1.09. The Kier molecular flexibility index (Phi) is 5.46. The molecule has 0 amide bonds. The largest absolute Gasteiger partial charge is 0.422 e. The van der Waals surface area contributed by atoms with Crippen molar-refractivity contribution < 1.29 is 4.43 Å². The standard InChI is InChI=1S/C15H17ClOSi/c16-12-18-17-11-15(13-7-3-1-4-8-13)14-9-5-2-6-10-14/h1-10,15H,11-12,18H2. The monoisotopic (exact) mass is 276 g/mol. The highest BCUT2D eigenvalue weighted by molar-refractivity contribution is 6.45. The van der Waals surface area contributed by atoms with Crippen molar-refractivity contribution in [2.24, 2.45) is 0 Å². The Morgan fingerprint density at radius 2 is 1.39 bits per heavy atom. The third-order valence-corrected chi connectivity index (χ3v) is 4.05. The van der Waals surface area contributed by atoms with Gasteiger partial charge in [-0.1, -0.05) is 60.7 Å². The van der Waals surface area contributed by atoms with Crippen LogP contribution in [0.5, 0.6) is 0 Å². The second-order valence-corrected chi connectivity index (χ2v) is 6.47. The van der Waals surface area contributed by atoms with Gasteiger partial charge in [0.05, 0.1) is 0 Å². The highest BCUT2D eigenvalue weighted by atomic mass is 35.5. The summed E-state index contributed by atoms with van der Waals surface area (Å²) in [6.07, 6.45) is 0. The van der Waals surface area contributed by atoms with E-state index in [1.165, 1.54) is 11.1 Å². The minimum absolute atomic E-state index is 0.308. The Morgan fingerprint density at radius 3 is 1.83 bits per heavy atom. The lowest BCUT2D eigenvalue weighted by Crippen LogP contribution is -2.12. The van der Waals surface area contributed by atoms with E-state index in [4.69, 9.17) is 16.0 Å². The van der Waals surface area contributed by atoms with Gasteiger partial charge in [0.15, 0.2) is 9.76 Å². The average molecular weight is 277 g/mol. The molecular formula is C15H17ClOSi. The molecule has 0 N–H and O–H groups in total. The van der Waals surface area contributed by atoms with Crippen LogP contribution in [0, 0.1) is 0 Å². The van der Waals surface area contributed by atoms with Crippen LogP contribution in [0.1, 0.15) is 17.0 Å². The fraction of sp³-hybridized carbons (Fsp3) is 0.200. The van der Waals surface area contributed by atoms with Gasteiger partial charge in [0.1, 0.15) is 0 Å². The van der Waals surface area contributed by atoms with E-state index in [1.54, 1.807) is 0 Å². The number of benzene rings is 2. The molecule has 0 aliphatic rings. The van der Waals surface area contributed by atoms with Crippen LogP contribution in [0.25, 0.3) is 0 Å². The first-order valence-corrected chi connectivity index (χ1v) is 8.26. The van der Waals surface area contributed by atoms with Gasteiger partial charge < -0.3 is 4.43 Å². The topological polar surface area (TPSA) is 9.23 Å². The smallest absolute Gasteiger partial charge is 0.176 e. The van der Waals surface area contributed by atoms with Crippen LogP contribution in [0.4, 0.5) is 0 Å². The van der Waals surface area contributed by atoms with Crippen LogP contribution in [-0.4, -0.2) is 21.9 Å². The van der Waals surface area contributed by atoms with Gasteiger partial charge in [-0.25, -0.2) is 0 Å². The van der Waals surface area contributed by atoms with E-state index >= 15 is 0 Å². The fourth-order valence-electron chi connectivity index (χ4n) is 2.01. The number of rotatable bonds is 6. The summed E-state index contributed by atoms with van der Waals surface area (Å²) >= 11 is 5.71. The molecule has 0 aliphatic carbocycles. The maximum Gasteiger partial charge on any atom is 0.176 e. The van der Waals surface area contributed by atoms with Crippen molar-refractivity contribution in [3.63, 3.8) is 0 Å². The lowest BCUT2D eigenvalue weighted by Gasteiger charge is -2.18. The van der Waals surface area contributed by atoms with E-state index in [-0.39, 0.29) is 0 Å². The molecule has 0 unspecified atom stereocenters. The van der Waals surface area contributed by atoms with Crippen LogP contribution in [-0.2, 0) is 4.43 Å². The lowest BCUT2D eigenvalue weighted by molar-refractivity contribution is 0.322. The zero-order valence-corrected chi connectivity index (χ0v) is 12.4. The summed E-state index contributed by atoms with van der Waals surface area (Å²) in [5.74, 6) is 0.308. The number of alkyl halides is 1. The molecule has 0 spiro atoms. The van der Waals surface area contributed by atoms with Gasteiger partial charge in [0.25, 0.3) is 0 Å². The molecule has 3 heteroatoms. The zero-order valence-electron chi connectivity index (χ0n) is 10.3. The summed E-state index contributed by atoms with van der Waals surface area (Å²) in [7, 11) is -0.565. The molecule has 0 atom stereocenters. The SMILES string of the molecule is ClC[SiH2]OCC(c1ccccc1)c1ccccc1. The van der Waals surface area contributed by atoms with Crippen molar-refractivity contribution in [2.45, 2.75) is 5.92 Å². The Morgan fingerprint density at radius 1 is 0.889 bits per heavy atom. The summed E-state index contributed by atoms with van der Waals surface area (Å²) < 4.78 is 5.76. The van der Waals surface area contributed by atoms with E-state index < -0.39 is 9.76 Å².